The average molecular weight is 992 g/mol. The number of carbonyl (C=O) groups is 7. The van der Waals surface area contributed by atoms with Crippen LogP contribution in [0, 0.1) is 11.8 Å². The fraction of sp³-hybridized carbons (Fsp3) is 0.729. The third-order valence-corrected chi connectivity index (χ3v) is 13.7. The van der Waals surface area contributed by atoms with Crippen molar-refractivity contribution in [2.24, 2.45) is 11.8 Å². The van der Waals surface area contributed by atoms with Gasteiger partial charge in [0.1, 0.15) is 48.1 Å². The molecule has 22 nitrogen and oxygen atoms in total. The SMILES string of the molecule is CC[C@@H](C)CCCCCCCCCCC(=O)N[C@H]1C[C@H](O)[C@H](O)NC(=O)[C@@H]2[C@@H](O)[C@H](C)CN2C(=O)[C@@H](CO)NC(=O)[C@@H]([C@@H](O)Cc2ccc(O)cc2)NC(=O)[C@@H]2C[C@@H](O)CN2C(=O)[C@H]([C@H](C)O)NC1=O. The molecule has 70 heavy (non-hydrogen) atoms. The van der Waals surface area contributed by atoms with Crippen molar-refractivity contribution in [3.05, 3.63) is 29.8 Å². The van der Waals surface area contributed by atoms with Crippen molar-refractivity contribution >= 4 is 41.4 Å². The van der Waals surface area contributed by atoms with Crippen LogP contribution in [-0.4, -0.2) is 185 Å². The quantitative estimate of drug-likeness (QED) is 0.0703. The van der Waals surface area contributed by atoms with Crippen molar-refractivity contribution in [3.8, 4) is 5.75 Å². The molecule has 7 amide bonds. The molecule has 0 aliphatic carbocycles. The second-order valence-electron chi connectivity index (χ2n) is 19.5. The highest BCUT2D eigenvalue weighted by atomic mass is 16.3. The van der Waals surface area contributed by atoms with Gasteiger partial charge in [0.05, 0.1) is 31.0 Å². The van der Waals surface area contributed by atoms with Crippen LogP contribution in [0.4, 0.5) is 0 Å². The van der Waals surface area contributed by atoms with Crippen LogP contribution in [-0.2, 0) is 40.0 Å². The maximum absolute atomic E-state index is 14.3. The number of hydrogen-bond donors (Lipinski definition) is 13. The number of unbranched alkanes of at least 4 members (excludes halogenated alkanes) is 7. The van der Waals surface area contributed by atoms with Crippen molar-refractivity contribution in [1.82, 2.24) is 36.4 Å². The highest BCUT2D eigenvalue weighted by molar-refractivity contribution is 5.98. The molecular formula is C48H77N7O15. The Labute approximate surface area is 408 Å². The fourth-order valence-electron chi connectivity index (χ4n) is 9.14. The Kier molecular flexibility index (Phi) is 22.7. The first-order valence-corrected chi connectivity index (χ1v) is 24.8. The Morgan fingerprint density at radius 1 is 0.743 bits per heavy atom. The minimum absolute atomic E-state index is 0.0340. The molecule has 0 radical (unpaired) electrons. The Morgan fingerprint density at radius 3 is 1.97 bits per heavy atom. The number of aliphatic hydroxyl groups is 7. The molecular weight excluding hydrogens is 915 g/mol. The number of carbonyl (C=O) groups excluding carboxylic acids is 7. The maximum Gasteiger partial charge on any atom is 0.248 e. The third-order valence-electron chi connectivity index (χ3n) is 13.7. The first kappa shape index (κ1) is 57.6. The molecule has 1 aromatic carbocycles. The number of phenols is 1. The van der Waals surface area contributed by atoms with Crippen molar-refractivity contribution in [1.29, 1.82) is 0 Å². The number of fused-ring (bicyclic) bond motifs is 2. The standard InChI is InChI=1S/C48H77N7O15/c1-5-26(2)14-12-10-8-6-7-9-11-13-15-37(62)49-32-22-36(61)44(66)53-46(68)40-41(63)27(3)23-55(40)47(69)33(25-56)50-45(67)39(35(60)20-29-16-18-30(58)19-17-29)52-43(65)34-21-31(59)24-54(34)48(70)38(28(4)57)51-42(32)64/h16-19,26-28,31-36,38-41,44,56-61,63,66H,5-15,20-25H2,1-4H3,(H,49,62)(H,50,67)(H,51,64)(H,52,65)(H,53,68)/t26-,27-,28+,31-,32+,33-,34+,35+,36+,38+,39-,40+,41+,44+/m1/s1. The van der Waals surface area contributed by atoms with E-state index in [0.717, 1.165) is 54.7 Å². The second kappa shape index (κ2) is 27.6. The first-order chi connectivity index (χ1) is 33.2. The molecule has 0 spiro atoms. The Bertz CT molecular complexity index is 1910. The number of rotatable bonds is 18. The molecule has 0 saturated carbocycles. The summed E-state index contributed by atoms with van der Waals surface area (Å²) in [4.78, 5) is 99.4. The van der Waals surface area contributed by atoms with Crippen LogP contribution in [0.1, 0.15) is 117 Å². The summed E-state index contributed by atoms with van der Waals surface area (Å²) in [5.41, 5.74) is 0.382. The molecule has 3 heterocycles. The van der Waals surface area contributed by atoms with E-state index in [9.17, 15) is 74.4 Å². The molecule has 0 bridgehead atoms. The zero-order chi connectivity index (χ0) is 51.8. The van der Waals surface area contributed by atoms with E-state index in [1.165, 1.54) is 50.5 Å². The predicted molar refractivity (Wildman–Crippen MR) is 252 cm³/mol. The molecule has 3 aliphatic rings. The van der Waals surface area contributed by atoms with Gasteiger partial charge in [-0.05, 0) is 37.0 Å². The number of amides is 7. The van der Waals surface area contributed by atoms with Crippen LogP contribution >= 0.6 is 0 Å². The summed E-state index contributed by atoms with van der Waals surface area (Å²) >= 11 is 0. The number of phenolic OH excluding ortho intramolecular Hbond substituents is 1. The highest BCUT2D eigenvalue weighted by Crippen LogP contribution is 2.26. The summed E-state index contributed by atoms with van der Waals surface area (Å²) in [6.45, 7) is 5.23. The predicted octanol–water partition coefficient (Wildman–Crippen LogP) is -2.08. The average Bonchev–Trinajstić information content (AvgIpc) is 3.86. The maximum atomic E-state index is 14.3. The van der Waals surface area contributed by atoms with Crippen LogP contribution in [0.2, 0.25) is 0 Å². The molecule has 3 aliphatic heterocycles. The molecule has 3 fully saturated rings. The smallest absolute Gasteiger partial charge is 0.248 e. The molecule has 1 aromatic rings. The molecule has 3 saturated heterocycles. The molecule has 4 rings (SSSR count). The van der Waals surface area contributed by atoms with Gasteiger partial charge in [-0.2, -0.15) is 0 Å². The van der Waals surface area contributed by atoms with Crippen LogP contribution in [0.25, 0.3) is 0 Å². The lowest BCUT2D eigenvalue weighted by Crippen LogP contribution is -2.63. The zero-order valence-corrected chi connectivity index (χ0v) is 40.7. The Hall–Kier alpha value is -4.97. The van der Waals surface area contributed by atoms with Gasteiger partial charge in [0, 0.05) is 44.7 Å². The molecule has 22 heteroatoms. The lowest BCUT2D eigenvalue weighted by molar-refractivity contribution is -0.147. The lowest BCUT2D eigenvalue weighted by Gasteiger charge is -2.32. The summed E-state index contributed by atoms with van der Waals surface area (Å²) in [5, 5.41) is 98.5. The van der Waals surface area contributed by atoms with Crippen LogP contribution in [0.15, 0.2) is 24.3 Å². The van der Waals surface area contributed by atoms with Crippen molar-refractivity contribution in [2.45, 2.75) is 191 Å². The summed E-state index contributed by atoms with van der Waals surface area (Å²) in [6.07, 6.45) is -2.14. The van der Waals surface area contributed by atoms with E-state index < -0.39 is 146 Å². The molecule has 13 N–H and O–H groups in total. The van der Waals surface area contributed by atoms with Crippen molar-refractivity contribution in [2.75, 3.05) is 19.7 Å². The number of hydrogen-bond acceptors (Lipinski definition) is 15. The van der Waals surface area contributed by atoms with E-state index >= 15 is 0 Å². The van der Waals surface area contributed by atoms with Crippen LogP contribution in [0.3, 0.4) is 0 Å². The lowest BCUT2D eigenvalue weighted by atomic mass is 9.99. The van der Waals surface area contributed by atoms with E-state index in [-0.39, 0.29) is 25.1 Å². The highest BCUT2D eigenvalue weighted by Gasteiger charge is 2.49. The molecule has 0 aromatic heterocycles. The van der Waals surface area contributed by atoms with Gasteiger partial charge in [-0.15, -0.1) is 0 Å². The summed E-state index contributed by atoms with van der Waals surface area (Å²) in [5.74, 6) is -7.57. The van der Waals surface area contributed by atoms with Gasteiger partial charge in [0.25, 0.3) is 0 Å². The van der Waals surface area contributed by atoms with Gasteiger partial charge < -0.3 is 77.2 Å². The van der Waals surface area contributed by atoms with Crippen molar-refractivity contribution in [3.63, 3.8) is 0 Å². The molecule has 394 valence electrons. The largest absolute Gasteiger partial charge is 0.508 e. The fourth-order valence-corrected chi connectivity index (χ4v) is 9.14. The minimum atomic E-state index is -2.19. The number of nitrogens with zero attached hydrogens (tertiary/aromatic N) is 2. The summed E-state index contributed by atoms with van der Waals surface area (Å²) < 4.78 is 0. The third kappa shape index (κ3) is 16.3. The first-order valence-electron chi connectivity index (χ1n) is 24.8. The van der Waals surface area contributed by atoms with Crippen LogP contribution in [0.5, 0.6) is 5.75 Å². The van der Waals surface area contributed by atoms with E-state index in [1.807, 2.05) is 0 Å². The number of benzene rings is 1. The van der Waals surface area contributed by atoms with Gasteiger partial charge >= 0.3 is 0 Å². The van der Waals surface area contributed by atoms with E-state index in [1.54, 1.807) is 0 Å². The normalized spacial score (nSPS) is 30.0. The van der Waals surface area contributed by atoms with E-state index in [0.29, 0.717) is 18.4 Å². The molecule has 0 unspecified atom stereocenters. The van der Waals surface area contributed by atoms with Gasteiger partial charge in [-0.25, -0.2) is 0 Å². The molecule has 14 atom stereocenters. The number of nitrogens with one attached hydrogen (secondary N) is 5. The van der Waals surface area contributed by atoms with Crippen molar-refractivity contribution < 1.29 is 74.4 Å². The summed E-state index contributed by atoms with van der Waals surface area (Å²) in [7, 11) is 0. The second-order valence-corrected chi connectivity index (χ2v) is 19.5. The van der Waals surface area contributed by atoms with Gasteiger partial charge in [0.15, 0.2) is 6.23 Å². The van der Waals surface area contributed by atoms with E-state index in [2.05, 4.69) is 40.4 Å². The topological polar surface area (TPSA) is 348 Å². The summed E-state index contributed by atoms with van der Waals surface area (Å²) in [6, 6.07) is -5.18. The Morgan fingerprint density at radius 2 is 1.36 bits per heavy atom. The minimum Gasteiger partial charge on any atom is -0.508 e. The van der Waals surface area contributed by atoms with Gasteiger partial charge in [0.2, 0.25) is 41.4 Å². The number of aromatic hydroxyl groups is 1. The van der Waals surface area contributed by atoms with E-state index in [4.69, 9.17) is 0 Å². The monoisotopic (exact) mass is 992 g/mol. The zero-order valence-electron chi connectivity index (χ0n) is 40.7. The van der Waals surface area contributed by atoms with Gasteiger partial charge in [-0.1, -0.05) is 90.7 Å². The number of aliphatic hydroxyl groups excluding tert-OH is 7. The van der Waals surface area contributed by atoms with Crippen LogP contribution < -0.4 is 26.6 Å². The van der Waals surface area contributed by atoms with Gasteiger partial charge in [-0.3, -0.25) is 33.6 Å². The Balaban J connectivity index is 1.63.